The molecule has 1 aliphatic heterocycles. The van der Waals surface area contributed by atoms with Gasteiger partial charge in [-0.1, -0.05) is 18.2 Å². The number of hydrogen-bond acceptors (Lipinski definition) is 5. The Bertz CT molecular complexity index is 764. The van der Waals surface area contributed by atoms with Crippen LogP contribution in [0.15, 0.2) is 42.5 Å². The summed E-state index contributed by atoms with van der Waals surface area (Å²) in [6.45, 7) is 1.04. The first-order valence-electron chi connectivity index (χ1n) is 7.17. The summed E-state index contributed by atoms with van der Waals surface area (Å²) >= 11 is 0. The minimum absolute atomic E-state index is 0.110. The van der Waals surface area contributed by atoms with E-state index in [-0.39, 0.29) is 17.1 Å². The molecule has 0 aromatic heterocycles. The average Bonchev–Trinajstić information content (AvgIpc) is 2.59. The van der Waals surface area contributed by atoms with E-state index in [0.717, 1.165) is 5.56 Å². The Morgan fingerprint density at radius 3 is 2.74 bits per heavy atom. The third kappa shape index (κ3) is 3.13. The van der Waals surface area contributed by atoms with Crippen molar-refractivity contribution in [1.82, 2.24) is 0 Å². The maximum atomic E-state index is 12.3. The molecule has 5 nitrogen and oxygen atoms in total. The Balaban J connectivity index is 1.84. The number of hydrogen-bond donors (Lipinski definition) is 1. The van der Waals surface area contributed by atoms with E-state index in [4.69, 9.17) is 14.2 Å². The number of carbonyl (C=O) groups excluding carboxylic acids is 1. The molecule has 1 N–H and O–H groups in total. The quantitative estimate of drug-likeness (QED) is 0.694. The van der Waals surface area contributed by atoms with Crippen LogP contribution < -0.4 is 14.2 Å². The van der Waals surface area contributed by atoms with E-state index in [1.807, 2.05) is 6.07 Å². The molecule has 0 atom stereocenters. The lowest BCUT2D eigenvalue weighted by Crippen LogP contribution is -2.15. The van der Waals surface area contributed by atoms with Crippen molar-refractivity contribution < 1.29 is 24.1 Å². The van der Waals surface area contributed by atoms with E-state index < -0.39 is 0 Å². The maximum Gasteiger partial charge on any atom is 0.193 e. The summed E-state index contributed by atoms with van der Waals surface area (Å²) in [5, 5.41) is 9.88. The zero-order valence-electron chi connectivity index (χ0n) is 12.6. The first-order valence-corrected chi connectivity index (χ1v) is 7.17. The second-order valence-electron chi connectivity index (χ2n) is 4.96. The van der Waals surface area contributed by atoms with Crippen LogP contribution in [0.1, 0.15) is 15.9 Å². The second kappa shape index (κ2) is 6.44. The van der Waals surface area contributed by atoms with E-state index >= 15 is 0 Å². The molecule has 0 fully saturated rings. The van der Waals surface area contributed by atoms with E-state index in [1.54, 1.807) is 30.3 Å². The Labute approximate surface area is 133 Å². The Kier molecular flexibility index (Phi) is 4.19. The average molecular weight is 312 g/mol. The number of ether oxygens (including phenoxy) is 3. The number of fused-ring (bicyclic) bond motifs is 1. The zero-order chi connectivity index (χ0) is 16.2. The molecule has 118 valence electrons. The van der Waals surface area contributed by atoms with Crippen LogP contribution in [0.25, 0.3) is 6.08 Å². The van der Waals surface area contributed by atoms with Gasteiger partial charge in [0.2, 0.25) is 0 Å². The van der Waals surface area contributed by atoms with Crippen LogP contribution in [0, 0.1) is 0 Å². The molecule has 1 aliphatic rings. The van der Waals surface area contributed by atoms with Crippen molar-refractivity contribution in [2.45, 2.75) is 0 Å². The smallest absolute Gasteiger partial charge is 0.193 e. The number of allylic oxidation sites excluding steroid dienone is 1. The van der Waals surface area contributed by atoms with E-state index in [0.29, 0.717) is 30.5 Å². The van der Waals surface area contributed by atoms with Crippen molar-refractivity contribution in [3.8, 4) is 23.0 Å². The van der Waals surface area contributed by atoms with Gasteiger partial charge in [-0.3, -0.25) is 4.79 Å². The molecule has 0 saturated carbocycles. The number of methoxy groups -OCH3 is 1. The van der Waals surface area contributed by atoms with Gasteiger partial charge in [0.05, 0.1) is 7.11 Å². The molecule has 0 radical (unpaired) electrons. The molecule has 0 amide bonds. The first-order chi connectivity index (χ1) is 11.2. The third-order valence-electron chi connectivity index (χ3n) is 3.46. The number of rotatable bonds is 4. The van der Waals surface area contributed by atoms with Crippen molar-refractivity contribution in [1.29, 1.82) is 0 Å². The van der Waals surface area contributed by atoms with Crippen molar-refractivity contribution in [3.63, 3.8) is 0 Å². The van der Waals surface area contributed by atoms with Gasteiger partial charge < -0.3 is 19.3 Å². The predicted octanol–water partition coefficient (Wildman–Crippen LogP) is 3.07. The molecule has 3 rings (SSSR count). The predicted molar refractivity (Wildman–Crippen MR) is 85.5 cm³/mol. The highest BCUT2D eigenvalue weighted by Crippen LogP contribution is 2.32. The van der Waals surface area contributed by atoms with Gasteiger partial charge in [0.1, 0.15) is 30.3 Å². The highest BCUT2D eigenvalue weighted by atomic mass is 16.6. The summed E-state index contributed by atoms with van der Waals surface area (Å²) in [6, 6.07) is 10.1. The maximum absolute atomic E-state index is 12.3. The fourth-order valence-electron chi connectivity index (χ4n) is 2.36. The normalized spacial score (nSPS) is 13.1. The van der Waals surface area contributed by atoms with Crippen LogP contribution in [0.3, 0.4) is 0 Å². The molecule has 2 aromatic carbocycles. The molecule has 0 saturated heterocycles. The number of phenolic OH excluding ortho intramolecular Hbond substituents is 1. The molecule has 1 heterocycles. The topological polar surface area (TPSA) is 65.0 Å². The Morgan fingerprint density at radius 2 is 1.96 bits per heavy atom. The monoisotopic (exact) mass is 312 g/mol. The number of aromatic hydroxyl groups is 1. The summed E-state index contributed by atoms with van der Waals surface area (Å²) in [5.41, 5.74) is 0.945. The van der Waals surface area contributed by atoms with Gasteiger partial charge in [0, 0.05) is 0 Å². The summed E-state index contributed by atoms with van der Waals surface area (Å²) < 4.78 is 16.1. The lowest BCUT2D eigenvalue weighted by Gasteiger charge is -2.18. The van der Waals surface area contributed by atoms with Crippen molar-refractivity contribution in [3.05, 3.63) is 53.6 Å². The Morgan fingerprint density at radius 1 is 1.17 bits per heavy atom. The fourth-order valence-corrected chi connectivity index (χ4v) is 2.36. The lowest BCUT2D eigenvalue weighted by atomic mass is 10.1. The van der Waals surface area contributed by atoms with Crippen LogP contribution in [0.5, 0.6) is 23.0 Å². The van der Waals surface area contributed by atoms with Gasteiger partial charge in [0.15, 0.2) is 17.3 Å². The van der Waals surface area contributed by atoms with Crippen molar-refractivity contribution in [2.75, 3.05) is 20.3 Å². The number of ketones is 1. The number of benzene rings is 2. The number of carbonyl (C=O) groups is 1. The molecular formula is C18H16O5. The molecular weight excluding hydrogens is 296 g/mol. The van der Waals surface area contributed by atoms with Crippen LogP contribution in [-0.4, -0.2) is 31.2 Å². The summed E-state index contributed by atoms with van der Waals surface area (Å²) in [5.74, 6) is 1.24. The van der Waals surface area contributed by atoms with Gasteiger partial charge in [-0.2, -0.15) is 0 Å². The van der Waals surface area contributed by atoms with Crippen molar-refractivity contribution in [2.24, 2.45) is 0 Å². The van der Waals surface area contributed by atoms with Crippen LogP contribution >= 0.6 is 0 Å². The van der Waals surface area contributed by atoms with E-state index in [2.05, 4.69) is 0 Å². The SMILES string of the molecule is COc1cccc(O)c1C(=O)/C=C\c1ccc2c(c1)OCCO2. The van der Waals surface area contributed by atoms with Gasteiger partial charge in [0.25, 0.3) is 0 Å². The van der Waals surface area contributed by atoms with Gasteiger partial charge in [-0.05, 0) is 35.9 Å². The Hall–Kier alpha value is -2.95. The van der Waals surface area contributed by atoms with Gasteiger partial charge in [-0.25, -0.2) is 0 Å². The van der Waals surface area contributed by atoms with E-state index in [1.165, 1.54) is 19.3 Å². The molecule has 0 aliphatic carbocycles. The summed E-state index contributed by atoms with van der Waals surface area (Å²) in [6.07, 6.45) is 3.05. The summed E-state index contributed by atoms with van der Waals surface area (Å²) in [4.78, 5) is 12.3. The van der Waals surface area contributed by atoms with Gasteiger partial charge >= 0.3 is 0 Å². The minimum atomic E-state index is -0.338. The number of phenols is 1. The standard InChI is InChI=1S/C18H16O5/c1-21-16-4-2-3-13(19)18(16)14(20)7-5-12-6-8-15-17(11-12)23-10-9-22-15/h2-8,11,19H,9-10H2,1H3/b7-5-. The van der Waals surface area contributed by atoms with E-state index in [9.17, 15) is 9.90 Å². The molecule has 0 spiro atoms. The zero-order valence-corrected chi connectivity index (χ0v) is 12.6. The minimum Gasteiger partial charge on any atom is -0.507 e. The fraction of sp³-hybridized carbons (Fsp3) is 0.167. The molecule has 2 aromatic rings. The third-order valence-corrected chi connectivity index (χ3v) is 3.46. The lowest BCUT2D eigenvalue weighted by molar-refractivity contribution is 0.104. The molecule has 5 heteroatoms. The first kappa shape index (κ1) is 15.0. The highest BCUT2D eigenvalue weighted by Gasteiger charge is 2.15. The second-order valence-corrected chi connectivity index (χ2v) is 4.96. The molecule has 23 heavy (non-hydrogen) atoms. The largest absolute Gasteiger partial charge is 0.507 e. The van der Waals surface area contributed by atoms with Crippen LogP contribution in [0.2, 0.25) is 0 Å². The molecule has 0 unspecified atom stereocenters. The van der Waals surface area contributed by atoms with Crippen molar-refractivity contribution >= 4 is 11.9 Å². The highest BCUT2D eigenvalue weighted by molar-refractivity contribution is 6.10. The van der Waals surface area contributed by atoms with Crippen LogP contribution in [0.4, 0.5) is 0 Å². The van der Waals surface area contributed by atoms with Gasteiger partial charge in [-0.15, -0.1) is 0 Å². The summed E-state index contributed by atoms with van der Waals surface area (Å²) in [7, 11) is 1.45. The molecule has 0 bridgehead atoms. The van der Waals surface area contributed by atoms with Crippen LogP contribution in [-0.2, 0) is 0 Å².